The number of aryl methyl sites for hydroxylation is 1. The first-order chi connectivity index (χ1) is 17.1. The maximum absolute atomic E-state index is 11.7. The summed E-state index contributed by atoms with van der Waals surface area (Å²) in [6, 6.07) is 22.8. The van der Waals surface area contributed by atoms with Crippen LogP contribution in [0.5, 0.6) is 0 Å². The topological polar surface area (TPSA) is 78.4 Å². The van der Waals surface area contributed by atoms with Gasteiger partial charge in [0.1, 0.15) is 0 Å². The Hall–Kier alpha value is -3.93. The lowest BCUT2D eigenvalue weighted by molar-refractivity contribution is 0.0955. The Labute approximate surface area is 213 Å². The molecule has 4 aromatic rings. The summed E-state index contributed by atoms with van der Waals surface area (Å²) in [7, 11) is 0. The van der Waals surface area contributed by atoms with Crippen molar-refractivity contribution in [1.29, 1.82) is 0 Å². The van der Waals surface area contributed by atoms with E-state index in [4.69, 9.17) is 4.98 Å². The number of nitrogens with one attached hydrogen (secondary N) is 1. The number of rotatable bonds is 7. The fourth-order valence-electron chi connectivity index (χ4n) is 4.42. The summed E-state index contributed by atoms with van der Waals surface area (Å²) in [6.07, 6.45) is 1.72. The Balaban J connectivity index is 1.45. The largest absolute Gasteiger partial charge is 0.465 e. The molecule has 186 valence electrons. The maximum atomic E-state index is 11.7. The molecule has 0 aliphatic rings. The van der Waals surface area contributed by atoms with E-state index in [9.17, 15) is 9.90 Å². The molecule has 0 radical (unpaired) electrons. The van der Waals surface area contributed by atoms with Crippen LogP contribution in [0.2, 0.25) is 0 Å². The molecule has 0 aliphatic carbocycles. The van der Waals surface area contributed by atoms with E-state index in [1.165, 1.54) is 16.0 Å². The normalized spacial score (nSPS) is 12.4. The van der Waals surface area contributed by atoms with E-state index in [1.807, 2.05) is 45.2 Å². The molecule has 2 N–H and O–H groups in total. The smallest absolute Gasteiger partial charge is 0.408 e. The van der Waals surface area contributed by atoms with Gasteiger partial charge < -0.3 is 10.4 Å². The number of carboxylic acid groups (broad SMARTS) is 1. The van der Waals surface area contributed by atoms with Crippen LogP contribution in [0.1, 0.15) is 44.4 Å². The van der Waals surface area contributed by atoms with Gasteiger partial charge in [0.15, 0.2) is 0 Å². The van der Waals surface area contributed by atoms with Crippen molar-refractivity contribution < 1.29 is 9.90 Å². The number of anilines is 1. The van der Waals surface area contributed by atoms with Crippen molar-refractivity contribution >= 4 is 22.9 Å². The van der Waals surface area contributed by atoms with Crippen LogP contribution in [0, 0.1) is 6.92 Å². The summed E-state index contributed by atoms with van der Waals surface area (Å²) in [5, 5.41) is 14.0. The molecule has 0 fully saturated rings. The fraction of sp³-hybridized carbons (Fsp3) is 0.300. The van der Waals surface area contributed by atoms with Crippen molar-refractivity contribution in [2.45, 2.75) is 59.2 Å². The zero-order valence-corrected chi connectivity index (χ0v) is 21.6. The molecule has 6 heteroatoms. The van der Waals surface area contributed by atoms with E-state index in [0.717, 1.165) is 34.0 Å². The Morgan fingerprint density at radius 3 is 2.50 bits per heavy atom. The second-order valence-electron chi connectivity index (χ2n) is 10.4. The molecule has 1 amide bonds. The lowest BCUT2D eigenvalue weighted by atomic mass is 9.99. The zero-order chi connectivity index (χ0) is 25.9. The van der Waals surface area contributed by atoms with Crippen molar-refractivity contribution in [3.05, 3.63) is 89.6 Å². The molecule has 3 aromatic carbocycles. The lowest BCUT2D eigenvalue weighted by Gasteiger charge is -2.33. The Bertz CT molecular complexity index is 1380. The Kier molecular flexibility index (Phi) is 7.25. The molecule has 0 bridgehead atoms. The van der Waals surface area contributed by atoms with E-state index < -0.39 is 11.6 Å². The monoisotopic (exact) mass is 482 g/mol. The first kappa shape index (κ1) is 25.2. The molecule has 36 heavy (non-hydrogen) atoms. The highest BCUT2D eigenvalue weighted by Crippen LogP contribution is 2.26. The van der Waals surface area contributed by atoms with E-state index in [1.54, 1.807) is 0 Å². The van der Waals surface area contributed by atoms with Gasteiger partial charge in [0, 0.05) is 29.7 Å². The van der Waals surface area contributed by atoms with Crippen molar-refractivity contribution in [3.63, 3.8) is 0 Å². The highest BCUT2D eigenvalue weighted by molar-refractivity contribution is 5.85. The van der Waals surface area contributed by atoms with Crippen LogP contribution in [-0.2, 0) is 13.0 Å². The second kappa shape index (κ2) is 10.4. The van der Waals surface area contributed by atoms with Crippen molar-refractivity contribution in [2.75, 3.05) is 5.32 Å². The average molecular weight is 483 g/mol. The molecule has 0 saturated carbocycles. The summed E-state index contributed by atoms with van der Waals surface area (Å²) in [6.45, 7) is 10.3. The van der Waals surface area contributed by atoms with Crippen LogP contribution in [-0.4, -0.2) is 37.6 Å². The van der Waals surface area contributed by atoms with Crippen LogP contribution in [0.4, 0.5) is 10.7 Å². The standard InChI is InChI=1S/C30H34N4O2/c1-20-9-6-7-12-26(20)24-13-14-27-25(17-24)18-31-28(33-27)32-21(2)15-22-10-8-11-23(16-22)19-34(29(35)36)30(3,4)5/h6-14,16-18,21H,15,19H2,1-5H3,(H,35,36)(H,31,32,33)/t21-/m0/s1. The van der Waals surface area contributed by atoms with E-state index >= 15 is 0 Å². The summed E-state index contributed by atoms with van der Waals surface area (Å²) < 4.78 is 0. The summed E-state index contributed by atoms with van der Waals surface area (Å²) in [4.78, 5) is 22.5. The third kappa shape index (κ3) is 6.00. The number of fused-ring (bicyclic) bond motifs is 1. The number of aromatic nitrogens is 2. The minimum Gasteiger partial charge on any atom is -0.465 e. The molecule has 6 nitrogen and oxygen atoms in total. The van der Waals surface area contributed by atoms with E-state index in [2.05, 4.69) is 72.7 Å². The average Bonchev–Trinajstić information content (AvgIpc) is 2.82. The molecule has 0 saturated heterocycles. The highest BCUT2D eigenvalue weighted by atomic mass is 16.4. The van der Waals surface area contributed by atoms with E-state index in [-0.39, 0.29) is 6.04 Å². The van der Waals surface area contributed by atoms with Crippen molar-refractivity contribution in [1.82, 2.24) is 14.9 Å². The van der Waals surface area contributed by atoms with Gasteiger partial charge in [-0.2, -0.15) is 0 Å². The molecule has 0 spiro atoms. The fourth-order valence-corrected chi connectivity index (χ4v) is 4.42. The number of amides is 1. The third-order valence-electron chi connectivity index (χ3n) is 6.33. The molecule has 4 rings (SSSR count). The van der Waals surface area contributed by atoms with Gasteiger partial charge in [-0.3, -0.25) is 4.90 Å². The van der Waals surface area contributed by atoms with Gasteiger partial charge >= 0.3 is 6.09 Å². The first-order valence-electron chi connectivity index (χ1n) is 12.3. The van der Waals surface area contributed by atoms with Gasteiger partial charge in [0.05, 0.1) is 5.52 Å². The zero-order valence-electron chi connectivity index (χ0n) is 21.6. The Morgan fingerprint density at radius 1 is 1.03 bits per heavy atom. The number of carbonyl (C=O) groups is 1. The number of benzene rings is 3. The molecule has 1 heterocycles. The summed E-state index contributed by atoms with van der Waals surface area (Å²) in [5.41, 5.74) is 6.15. The van der Waals surface area contributed by atoms with Gasteiger partial charge in [0.2, 0.25) is 5.95 Å². The van der Waals surface area contributed by atoms with Crippen LogP contribution in [0.25, 0.3) is 22.0 Å². The van der Waals surface area contributed by atoms with Crippen LogP contribution < -0.4 is 5.32 Å². The predicted octanol–water partition coefficient (Wildman–Crippen LogP) is 6.93. The third-order valence-corrected chi connectivity index (χ3v) is 6.33. The minimum atomic E-state index is -0.914. The van der Waals surface area contributed by atoms with Gasteiger partial charge in [-0.15, -0.1) is 0 Å². The van der Waals surface area contributed by atoms with Gasteiger partial charge in [-0.1, -0.05) is 54.6 Å². The molecule has 0 unspecified atom stereocenters. The molecular formula is C30H34N4O2. The van der Waals surface area contributed by atoms with Gasteiger partial charge in [-0.25, -0.2) is 14.8 Å². The van der Waals surface area contributed by atoms with Crippen LogP contribution in [0.3, 0.4) is 0 Å². The van der Waals surface area contributed by atoms with Gasteiger partial charge in [-0.05, 0) is 81.0 Å². The van der Waals surface area contributed by atoms with Gasteiger partial charge in [0.25, 0.3) is 0 Å². The number of hydrogen-bond acceptors (Lipinski definition) is 4. The summed E-state index contributed by atoms with van der Waals surface area (Å²) in [5.74, 6) is 0.597. The molecule has 1 atom stereocenters. The van der Waals surface area contributed by atoms with E-state index in [0.29, 0.717) is 12.5 Å². The Morgan fingerprint density at radius 2 is 1.78 bits per heavy atom. The first-order valence-corrected chi connectivity index (χ1v) is 12.3. The van der Waals surface area contributed by atoms with Crippen molar-refractivity contribution in [3.8, 4) is 11.1 Å². The summed E-state index contributed by atoms with van der Waals surface area (Å²) >= 11 is 0. The maximum Gasteiger partial charge on any atom is 0.408 e. The minimum absolute atomic E-state index is 0.0992. The predicted molar refractivity (Wildman–Crippen MR) is 146 cm³/mol. The molecule has 0 aliphatic heterocycles. The second-order valence-corrected chi connectivity index (χ2v) is 10.4. The van der Waals surface area contributed by atoms with Crippen molar-refractivity contribution in [2.24, 2.45) is 0 Å². The quantitative estimate of drug-likeness (QED) is 0.299. The number of nitrogens with zero attached hydrogens (tertiary/aromatic N) is 3. The number of hydrogen-bond donors (Lipinski definition) is 2. The lowest BCUT2D eigenvalue weighted by Crippen LogP contribution is -2.44. The van der Waals surface area contributed by atoms with Crippen LogP contribution >= 0.6 is 0 Å². The van der Waals surface area contributed by atoms with Crippen LogP contribution in [0.15, 0.2) is 72.9 Å². The molecular weight excluding hydrogens is 448 g/mol. The highest BCUT2D eigenvalue weighted by Gasteiger charge is 2.26. The SMILES string of the molecule is Cc1ccccc1-c1ccc2nc(N[C@@H](C)Cc3cccc(CN(C(=O)O)C(C)(C)C)c3)ncc2c1. The molecule has 1 aromatic heterocycles.